The number of H-pyrrole nitrogens is 1. The van der Waals surface area contributed by atoms with Crippen molar-refractivity contribution < 1.29 is 4.79 Å². The average molecular weight is 383 g/mol. The first-order chi connectivity index (χ1) is 11.6. The van der Waals surface area contributed by atoms with Crippen LogP contribution in [0.4, 0.5) is 0 Å². The second kappa shape index (κ2) is 7.23. The van der Waals surface area contributed by atoms with Gasteiger partial charge in [-0.05, 0) is 30.7 Å². The van der Waals surface area contributed by atoms with Crippen LogP contribution in [0.1, 0.15) is 23.0 Å². The highest BCUT2D eigenvalue weighted by atomic mass is 79.9. The summed E-state index contributed by atoms with van der Waals surface area (Å²) in [6, 6.07) is 19.1. The Balaban J connectivity index is 1.70. The number of hydrogen-bond donors (Lipinski definition) is 2. The van der Waals surface area contributed by atoms with E-state index in [1.165, 1.54) is 0 Å². The zero-order valence-corrected chi connectivity index (χ0v) is 14.5. The molecule has 0 aliphatic heterocycles. The van der Waals surface area contributed by atoms with Gasteiger partial charge < -0.3 is 0 Å². The van der Waals surface area contributed by atoms with Crippen molar-refractivity contribution in [3.63, 3.8) is 0 Å². The fourth-order valence-electron chi connectivity index (χ4n) is 2.15. The maximum atomic E-state index is 12.2. The minimum absolute atomic E-state index is 0.332. The molecule has 0 saturated heterocycles. The van der Waals surface area contributed by atoms with E-state index in [4.69, 9.17) is 0 Å². The number of nitrogens with zero attached hydrogens (tertiary/aromatic N) is 2. The third-order valence-electron chi connectivity index (χ3n) is 3.48. The zero-order valence-electron chi connectivity index (χ0n) is 13.0. The summed E-state index contributed by atoms with van der Waals surface area (Å²) in [6.45, 7) is 1.84. The SMILES string of the molecule is C/C(=N\NC(=O)c1cc(-c2ccccc2)n[nH]1)c1ccc(Br)cc1. The molecule has 2 N–H and O–H groups in total. The Bertz CT molecular complexity index is 870. The Morgan fingerprint density at radius 2 is 1.83 bits per heavy atom. The van der Waals surface area contributed by atoms with E-state index < -0.39 is 0 Å². The summed E-state index contributed by atoms with van der Waals surface area (Å²) in [6.07, 6.45) is 0. The van der Waals surface area contributed by atoms with Crippen LogP contribution in [0.25, 0.3) is 11.3 Å². The number of aromatic nitrogens is 2. The molecule has 6 heteroatoms. The van der Waals surface area contributed by atoms with Crippen molar-refractivity contribution in [2.45, 2.75) is 6.92 Å². The van der Waals surface area contributed by atoms with Crippen LogP contribution in [-0.4, -0.2) is 21.8 Å². The summed E-state index contributed by atoms with van der Waals surface area (Å²) in [5.74, 6) is -0.332. The van der Waals surface area contributed by atoms with Gasteiger partial charge in [0.15, 0.2) is 0 Å². The van der Waals surface area contributed by atoms with Crippen molar-refractivity contribution in [2.24, 2.45) is 5.10 Å². The van der Waals surface area contributed by atoms with Crippen molar-refractivity contribution in [1.82, 2.24) is 15.6 Å². The largest absolute Gasteiger partial charge is 0.289 e. The van der Waals surface area contributed by atoms with Gasteiger partial charge in [-0.2, -0.15) is 10.2 Å². The second-order valence-electron chi connectivity index (χ2n) is 5.18. The van der Waals surface area contributed by atoms with E-state index in [0.29, 0.717) is 5.69 Å². The van der Waals surface area contributed by atoms with Crippen molar-refractivity contribution in [3.05, 3.63) is 76.4 Å². The number of benzene rings is 2. The van der Waals surface area contributed by atoms with E-state index in [-0.39, 0.29) is 5.91 Å². The lowest BCUT2D eigenvalue weighted by molar-refractivity contribution is 0.0950. The summed E-state index contributed by atoms with van der Waals surface area (Å²) in [5.41, 5.74) is 6.23. The smallest absolute Gasteiger partial charge is 0.272 e. The summed E-state index contributed by atoms with van der Waals surface area (Å²) in [5, 5.41) is 11.0. The molecule has 24 heavy (non-hydrogen) atoms. The van der Waals surface area contributed by atoms with E-state index >= 15 is 0 Å². The molecule has 0 aliphatic rings. The Kier molecular flexibility index (Phi) is 4.86. The highest BCUT2D eigenvalue weighted by Gasteiger charge is 2.10. The van der Waals surface area contributed by atoms with Crippen LogP contribution >= 0.6 is 15.9 Å². The molecule has 0 unspecified atom stereocenters. The Morgan fingerprint density at radius 3 is 2.54 bits per heavy atom. The highest BCUT2D eigenvalue weighted by Crippen LogP contribution is 2.16. The molecule has 0 spiro atoms. The number of carbonyl (C=O) groups excluding carboxylic acids is 1. The molecule has 0 fully saturated rings. The van der Waals surface area contributed by atoms with Gasteiger partial charge in [-0.3, -0.25) is 9.89 Å². The summed E-state index contributed by atoms with van der Waals surface area (Å²) in [7, 11) is 0. The predicted octanol–water partition coefficient (Wildman–Crippen LogP) is 3.99. The van der Waals surface area contributed by atoms with Gasteiger partial charge in [0.1, 0.15) is 5.69 Å². The first-order valence-electron chi connectivity index (χ1n) is 7.35. The van der Waals surface area contributed by atoms with Crippen LogP contribution in [0, 0.1) is 0 Å². The van der Waals surface area contributed by atoms with Gasteiger partial charge >= 0.3 is 0 Å². The van der Waals surface area contributed by atoms with E-state index in [1.807, 2.05) is 61.5 Å². The molecular weight excluding hydrogens is 368 g/mol. The van der Waals surface area contributed by atoms with Crippen LogP contribution in [0.3, 0.4) is 0 Å². The number of amides is 1. The van der Waals surface area contributed by atoms with Gasteiger partial charge in [0.05, 0.1) is 11.4 Å². The lowest BCUT2D eigenvalue weighted by atomic mass is 10.1. The van der Waals surface area contributed by atoms with E-state index in [9.17, 15) is 4.79 Å². The van der Waals surface area contributed by atoms with Gasteiger partial charge in [-0.15, -0.1) is 0 Å². The topological polar surface area (TPSA) is 70.1 Å². The first kappa shape index (κ1) is 16.1. The number of halogens is 1. The van der Waals surface area contributed by atoms with Gasteiger partial charge in [0.2, 0.25) is 0 Å². The van der Waals surface area contributed by atoms with Crippen molar-refractivity contribution in [1.29, 1.82) is 0 Å². The molecule has 0 atom stereocenters. The minimum atomic E-state index is -0.332. The molecule has 120 valence electrons. The maximum absolute atomic E-state index is 12.2. The quantitative estimate of drug-likeness (QED) is 0.528. The third kappa shape index (κ3) is 3.78. The number of rotatable bonds is 4. The Hall–Kier alpha value is -2.73. The van der Waals surface area contributed by atoms with E-state index in [1.54, 1.807) is 6.07 Å². The van der Waals surface area contributed by atoms with Crippen LogP contribution in [-0.2, 0) is 0 Å². The molecule has 3 aromatic rings. The molecule has 0 aliphatic carbocycles. The molecular formula is C18H15BrN4O. The number of hydrazone groups is 1. The minimum Gasteiger partial charge on any atom is -0.272 e. The summed E-state index contributed by atoms with van der Waals surface area (Å²) in [4.78, 5) is 12.2. The third-order valence-corrected chi connectivity index (χ3v) is 4.01. The molecule has 1 amide bonds. The van der Waals surface area contributed by atoms with Gasteiger partial charge in [0, 0.05) is 10.0 Å². The van der Waals surface area contributed by atoms with Crippen LogP contribution in [0.15, 0.2) is 70.2 Å². The van der Waals surface area contributed by atoms with Gasteiger partial charge in [0.25, 0.3) is 5.91 Å². The molecule has 1 heterocycles. The zero-order chi connectivity index (χ0) is 16.9. The molecule has 2 aromatic carbocycles. The highest BCUT2D eigenvalue weighted by molar-refractivity contribution is 9.10. The fourth-order valence-corrected chi connectivity index (χ4v) is 2.41. The fraction of sp³-hybridized carbons (Fsp3) is 0.0556. The number of nitrogens with one attached hydrogen (secondary N) is 2. The Morgan fingerprint density at radius 1 is 1.12 bits per heavy atom. The average Bonchev–Trinajstić information content (AvgIpc) is 3.11. The number of hydrogen-bond acceptors (Lipinski definition) is 3. The summed E-state index contributed by atoms with van der Waals surface area (Å²) >= 11 is 3.39. The molecule has 0 saturated carbocycles. The van der Waals surface area contributed by atoms with Crippen LogP contribution < -0.4 is 5.43 Å². The van der Waals surface area contributed by atoms with Crippen molar-refractivity contribution in [2.75, 3.05) is 0 Å². The van der Waals surface area contributed by atoms with Gasteiger partial charge in [-0.1, -0.05) is 58.4 Å². The van der Waals surface area contributed by atoms with Crippen molar-refractivity contribution in [3.8, 4) is 11.3 Å². The molecule has 3 rings (SSSR count). The lowest BCUT2D eigenvalue weighted by Crippen LogP contribution is -2.19. The Labute approximate surface area is 147 Å². The molecule has 1 aromatic heterocycles. The second-order valence-corrected chi connectivity index (χ2v) is 6.09. The van der Waals surface area contributed by atoms with Crippen LogP contribution in [0.5, 0.6) is 0 Å². The molecule has 5 nitrogen and oxygen atoms in total. The molecule has 0 bridgehead atoms. The normalized spacial score (nSPS) is 11.3. The number of aromatic amines is 1. The first-order valence-corrected chi connectivity index (χ1v) is 8.14. The van der Waals surface area contributed by atoms with E-state index in [2.05, 4.69) is 36.7 Å². The van der Waals surface area contributed by atoms with Crippen LogP contribution in [0.2, 0.25) is 0 Å². The molecule has 0 radical (unpaired) electrons. The summed E-state index contributed by atoms with van der Waals surface area (Å²) < 4.78 is 0.994. The number of carbonyl (C=O) groups is 1. The van der Waals surface area contributed by atoms with Gasteiger partial charge in [-0.25, -0.2) is 5.43 Å². The predicted molar refractivity (Wildman–Crippen MR) is 97.8 cm³/mol. The maximum Gasteiger partial charge on any atom is 0.289 e. The monoisotopic (exact) mass is 382 g/mol. The lowest BCUT2D eigenvalue weighted by Gasteiger charge is -2.02. The standard InChI is InChI=1S/C18H15BrN4O/c1-12(13-7-9-15(19)10-8-13)20-23-18(24)17-11-16(21-22-17)14-5-3-2-4-6-14/h2-11H,1H3,(H,21,22)(H,23,24)/b20-12+. The van der Waals surface area contributed by atoms with E-state index in [0.717, 1.165) is 27.0 Å². The van der Waals surface area contributed by atoms with Crippen molar-refractivity contribution >= 4 is 27.5 Å².